The second kappa shape index (κ2) is 9.49. The maximum atomic E-state index is 13.0. The molecule has 0 radical (unpaired) electrons. The second-order valence-corrected chi connectivity index (χ2v) is 10.5. The molecule has 1 aliphatic heterocycles. The topological polar surface area (TPSA) is 93.6 Å². The molecule has 9 heteroatoms. The number of amides is 1. The number of hydrogen-bond acceptors (Lipinski definition) is 6. The van der Waals surface area contributed by atoms with E-state index in [1.807, 2.05) is 24.3 Å². The summed E-state index contributed by atoms with van der Waals surface area (Å²) >= 11 is 6.33. The van der Waals surface area contributed by atoms with Crippen molar-refractivity contribution in [3.8, 4) is 11.3 Å². The van der Waals surface area contributed by atoms with Crippen molar-refractivity contribution in [1.82, 2.24) is 9.88 Å². The van der Waals surface area contributed by atoms with Gasteiger partial charge in [-0.2, -0.15) is 0 Å². The van der Waals surface area contributed by atoms with Gasteiger partial charge >= 0.3 is 5.97 Å². The molecule has 0 bridgehead atoms. The van der Waals surface area contributed by atoms with Gasteiger partial charge in [0, 0.05) is 28.6 Å². The zero-order chi connectivity index (χ0) is 23.6. The number of esters is 1. The van der Waals surface area contributed by atoms with Crippen molar-refractivity contribution in [2.75, 3.05) is 24.7 Å². The van der Waals surface area contributed by atoms with Crippen molar-refractivity contribution in [2.24, 2.45) is 0 Å². The van der Waals surface area contributed by atoms with Crippen molar-refractivity contribution in [2.45, 2.75) is 19.4 Å². The number of likely N-dealkylation sites (N-methyl/N-ethyl adjacent to an activating group) is 1. The molecular formula is C24H23ClN2O5S. The van der Waals surface area contributed by atoms with Crippen molar-refractivity contribution >= 4 is 44.2 Å². The average Bonchev–Trinajstić information content (AvgIpc) is 3.16. The predicted octanol–water partition coefficient (Wildman–Crippen LogP) is 3.75. The highest BCUT2D eigenvalue weighted by Gasteiger charge is 2.34. The van der Waals surface area contributed by atoms with Crippen molar-refractivity contribution < 1.29 is 22.7 Å². The van der Waals surface area contributed by atoms with Crippen LogP contribution in [0.3, 0.4) is 0 Å². The smallest absolute Gasteiger partial charge is 0.339 e. The first kappa shape index (κ1) is 23.2. The normalized spacial score (nSPS) is 17.1. The predicted molar refractivity (Wildman–Crippen MR) is 127 cm³/mol. The molecule has 1 saturated heterocycles. The Morgan fingerprint density at radius 1 is 1.15 bits per heavy atom. The molecule has 0 N–H and O–H groups in total. The quantitative estimate of drug-likeness (QED) is 0.492. The van der Waals surface area contributed by atoms with E-state index in [-0.39, 0.29) is 23.1 Å². The van der Waals surface area contributed by atoms with E-state index in [1.54, 1.807) is 37.3 Å². The number of aromatic nitrogens is 1. The Hall–Kier alpha value is -2.97. The Labute approximate surface area is 197 Å². The van der Waals surface area contributed by atoms with Crippen LogP contribution < -0.4 is 0 Å². The Balaban J connectivity index is 1.58. The fourth-order valence-corrected chi connectivity index (χ4v) is 6.06. The molecule has 2 aromatic carbocycles. The van der Waals surface area contributed by atoms with Crippen LogP contribution in [0, 0.1) is 0 Å². The molecule has 3 aromatic rings. The minimum Gasteiger partial charge on any atom is -0.452 e. The Kier molecular flexibility index (Phi) is 6.67. The zero-order valence-corrected chi connectivity index (χ0v) is 19.6. The molecule has 1 unspecified atom stereocenters. The molecule has 1 fully saturated rings. The van der Waals surface area contributed by atoms with Gasteiger partial charge in [-0.05, 0) is 31.5 Å². The molecule has 1 amide bonds. The summed E-state index contributed by atoms with van der Waals surface area (Å²) in [6.07, 6.45) is 0.395. The van der Waals surface area contributed by atoms with E-state index in [9.17, 15) is 18.0 Å². The first-order valence-electron chi connectivity index (χ1n) is 10.6. The van der Waals surface area contributed by atoms with Crippen LogP contribution in [0.2, 0.25) is 5.02 Å². The van der Waals surface area contributed by atoms with Gasteiger partial charge in [0.2, 0.25) is 0 Å². The maximum absolute atomic E-state index is 13.0. The maximum Gasteiger partial charge on any atom is 0.339 e. The van der Waals surface area contributed by atoms with Gasteiger partial charge in [0.05, 0.1) is 28.3 Å². The summed E-state index contributed by atoms with van der Waals surface area (Å²) < 4.78 is 29.0. The summed E-state index contributed by atoms with van der Waals surface area (Å²) in [6.45, 7) is 1.64. The lowest BCUT2D eigenvalue weighted by Gasteiger charge is -2.26. The van der Waals surface area contributed by atoms with Crippen LogP contribution in [-0.2, 0) is 19.4 Å². The third-order valence-electron chi connectivity index (χ3n) is 5.72. The molecule has 1 aromatic heterocycles. The van der Waals surface area contributed by atoms with E-state index < -0.39 is 28.3 Å². The summed E-state index contributed by atoms with van der Waals surface area (Å²) in [5.74, 6) is -1.07. The molecular weight excluding hydrogens is 464 g/mol. The van der Waals surface area contributed by atoms with Crippen LogP contribution in [0.1, 0.15) is 23.7 Å². The van der Waals surface area contributed by atoms with Gasteiger partial charge in [0.1, 0.15) is 0 Å². The molecule has 4 rings (SSSR count). The number of rotatable bonds is 6. The van der Waals surface area contributed by atoms with E-state index in [1.165, 1.54) is 4.90 Å². The Morgan fingerprint density at radius 3 is 2.58 bits per heavy atom. The number of para-hydroxylation sites is 1. The first-order chi connectivity index (χ1) is 15.8. The van der Waals surface area contributed by atoms with Crippen LogP contribution in [-0.4, -0.2) is 60.9 Å². The van der Waals surface area contributed by atoms with Gasteiger partial charge in [-0.25, -0.2) is 18.2 Å². The molecule has 7 nitrogen and oxygen atoms in total. The van der Waals surface area contributed by atoms with Crippen LogP contribution in [0.25, 0.3) is 22.2 Å². The lowest BCUT2D eigenvalue weighted by atomic mass is 10.0. The Morgan fingerprint density at radius 2 is 1.88 bits per heavy atom. The minimum absolute atomic E-state index is 0.0588. The van der Waals surface area contributed by atoms with E-state index >= 15 is 0 Å². The van der Waals surface area contributed by atoms with Crippen LogP contribution >= 0.6 is 11.6 Å². The number of nitrogens with zero attached hydrogens (tertiary/aromatic N) is 2. The highest BCUT2D eigenvalue weighted by molar-refractivity contribution is 7.91. The summed E-state index contributed by atoms with van der Waals surface area (Å²) in [5, 5.41) is 1.10. The SMILES string of the molecule is CCN(C(=O)COC(=O)c1cc(-c2ccccc2Cl)nc2ccccc12)C1CCS(=O)(=O)C1. The number of pyridine rings is 1. The van der Waals surface area contributed by atoms with Crippen molar-refractivity contribution in [1.29, 1.82) is 0 Å². The van der Waals surface area contributed by atoms with Gasteiger partial charge in [-0.3, -0.25) is 4.79 Å². The summed E-state index contributed by atoms with van der Waals surface area (Å²) in [5.41, 5.74) is 2.06. The van der Waals surface area contributed by atoms with Crippen LogP contribution in [0.4, 0.5) is 0 Å². The van der Waals surface area contributed by atoms with Gasteiger partial charge in [0.15, 0.2) is 16.4 Å². The number of carbonyl (C=O) groups excluding carboxylic acids is 2. The minimum atomic E-state index is -3.14. The molecule has 0 spiro atoms. The third-order valence-corrected chi connectivity index (χ3v) is 7.80. The molecule has 2 heterocycles. The van der Waals surface area contributed by atoms with Gasteiger partial charge in [-0.1, -0.05) is 48.0 Å². The van der Waals surface area contributed by atoms with Crippen molar-refractivity contribution in [3.63, 3.8) is 0 Å². The van der Waals surface area contributed by atoms with Gasteiger partial charge in [-0.15, -0.1) is 0 Å². The molecule has 1 atom stereocenters. The van der Waals surface area contributed by atoms with E-state index in [0.717, 1.165) is 0 Å². The fourth-order valence-electron chi connectivity index (χ4n) is 4.10. The summed E-state index contributed by atoms with van der Waals surface area (Å²) in [6, 6.07) is 15.6. The number of sulfone groups is 1. The molecule has 172 valence electrons. The highest BCUT2D eigenvalue weighted by atomic mass is 35.5. The fraction of sp³-hybridized carbons (Fsp3) is 0.292. The van der Waals surface area contributed by atoms with E-state index in [4.69, 9.17) is 16.3 Å². The average molecular weight is 487 g/mol. The van der Waals surface area contributed by atoms with Crippen LogP contribution in [0.15, 0.2) is 54.6 Å². The highest BCUT2D eigenvalue weighted by Crippen LogP contribution is 2.30. The number of halogens is 1. The summed E-state index contributed by atoms with van der Waals surface area (Å²) in [4.78, 5) is 31.8. The van der Waals surface area contributed by atoms with Crippen LogP contribution in [0.5, 0.6) is 0 Å². The number of carbonyl (C=O) groups is 2. The second-order valence-electron chi connectivity index (χ2n) is 7.86. The molecule has 1 aliphatic rings. The summed E-state index contributed by atoms with van der Waals surface area (Å²) in [7, 11) is -3.14. The standard InChI is InChI=1S/C24H23ClN2O5S/c1-2-27(16-11-12-33(30,31)15-16)23(28)14-32-24(29)19-13-22(18-8-3-5-9-20(18)25)26-21-10-6-4-7-17(19)21/h3-10,13,16H,2,11-12,14-15H2,1H3. The van der Waals surface area contributed by atoms with Gasteiger partial charge in [0.25, 0.3) is 5.91 Å². The lowest BCUT2D eigenvalue weighted by molar-refractivity contribution is -0.136. The molecule has 0 aliphatic carbocycles. The number of fused-ring (bicyclic) bond motifs is 1. The largest absolute Gasteiger partial charge is 0.452 e. The third kappa shape index (κ3) is 5.02. The number of ether oxygens (including phenoxy) is 1. The van der Waals surface area contributed by atoms with E-state index in [0.29, 0.717) is 40.1 Å². The number of benzene rings is 2. The number of hydrogen-bond donors (Lipinski definition) is 0. The first-order valence-corrected chi connectivity index (χ1v) is 12.8. The van der Waals surface area contributed by atoms with Crippen molar-refractivity contribution in [3.05, 3.63) is 65.2 Å². The lowest BCUT2D eigenvalue weighted by Crippen LogP contribution is -2.43. The Bertz CT molecular complexity index is 1330. The monoisotopic (exact) mass is 486 g/mol. The van der Waals surface area contributed by atoms with E-state index in [2.05, 4.69) is 4.98 Å². The zero-order valence-electron chi connectivity index (χ0n) is 18.0. The molecule has 0 saturated carbocycles. The van der Waals surface area contributed by atoms with Gasteiger partial charge < -0.3 is 9.64 Å². The molecule has 33 heavy (non-hydrogen) atoms.